The average Bonchev–Trinajstić information content (AvgIpc) is 2.71. The van der Waals surface area contributed by atoms with E-state index in [-0.39, 0.29) is 42.4 Å². The minimum absolute atomic E-state index is 0.0261. The summed E-state index contributed by atoms with van der Waals surface area (Å²) in [4.78, 5) is 12.5. The van der Waals surface area contributed by atoms with Crippen molar-refractivity contribution in [2.45, 2.75) is 37.6 Å². The maximum Gasteiger partial charge on any atom is 0.338 e. The van der Waals surface area contributed by atoms with Crippen molar-refractivity contribution in [2.75, 3.05) is 20.2 Å². The standard InChI is InChI=1S/C21H25NO6S/c1-15-12-22(13-16(2)28-15)29(24,25)19-9-6-8-17(11-19)21(23)27-14-18-7-4-5-10-20(18)26-3/h4-11,15-16H,12-14H2,1-3H3/t15-,16-/m1/s1. The van der Waals surface area contributed by atoms with Crippen LogP contribution in [0.2, 0.25) is 0 Å². The number of carbonyl (C=O) groups excluding carboxylic acids is 1. The summed E-state index contributed by atoms with van der Waals surface area (Å²) in [6, 6.07) is 13.1. The molecule has 0 bridgehead atoms. The molecule has 0 saturated carbocycles. The summed E-state index contributed by atoms with van der Waals surface area (Å²) >= 11 is 0. The zero-order chi connectivity index (χ0) is 21.0. The van der Waals surface area contributed by atoms with Gasteiger partial charge >= 0.3 is 5.97 Å². The number of benzene rings is 2. The molecule has 0 spiro atoms. The lowest BCUT2D eigenvalue weighted by molar-refractivity contribution is -0.0440. The molecule has 1 saturated heterocycles. The minimum Gasteiger partial charge on any atom is -0.496 e. The van der Waals surface area contributed by atoms with Gasteiger partial charge in [-0.1, -0.05) is 24.3 Å². The number of ether oxygens (including phenoxy) is 3. The molecule has 1 aliphatic heterocycles. The van der Waals surface area contributed by atoms with Gasteiger partial charge in [-0.25, -0.2) is 13.2 Å². The Morgan fingerprint density at radius 3 is 2.48 bits per heavy atom. The fourth-order valence-electron chi connectivity index (χ4n) is 3.31. The molecule has 1 aliphatic rings. The molecule has 1 fully saturated rings. The number of esters is 1. The number of carbonyl (C=O) groups is 1. The molecule has 0 unspecified atom stereocenters. The first kappa shape index (κ1) is 21.3. The molecule has 8 heteroatoms. The van der Waals surface area contributed by atoms with Crippen molar-refractivity contribution in [3.05, 3.63) is 59.7 Å². The normalized spacial score (nSPS) is 20.2. The fraction of sp³-hybridized carbons (Fsp3) is 0.381. The molecule has 0 aliphatic carbocycles. The van der Waals surface area contributed by atoms with Crippen LogP contribution in [0, 0.1) is 0 Å². The van der Waals surface area contributed by atoms with Crippen molar-refractivity contribution in [2.24, 2.45) is 0 Å². The van der Waals surface area contributed by atoms with E-state index >= 15 is 0 Å². The van der Waals surface area contributed by atoms with E-state index in [1.54, 1.807) is 25.3 Å². The average molecular weight is 419 g/mol. The first-order valence-corrected chi connectivity index (χ1v) is 10.8. The third kappa shape index (κ3) is 4.95. The number of hydrogen-bond acceptors (Lipinski definition) is 6. The van der Waals surface area contributed by atoms with Crippen LogP contribution < -0.4 is 4.74 Å². The van der Waals surface area contributed by atoms with Gasteiger partial charge in [0, 0.05) is 18.7 Å². The second-order valence-electron chi connectivity index (χ2n) is 7.00. The molecule has 0 amide bonds. The molecular formula is C21H25NO6S. The number of para-hydroxylation sites is 1. The van der Waals surface area contributed by atoms with Crippen LogP contribution in [0.3, 0.4) is 0 Å². The zero-order valence-electron chi connectivity index (χ0n) is 16.7. The topological polar surface area (TPSA) is 82.1 Å². The Hall–Kier alpha value is -2.42. The van der Waals surface area contributed by atoms with Crippen molar-refractivity contribution >= 4 is 16.0 Å². The highest BCUT2D eigenvalue weighted by Gasteiger charge is 2.32. The van der Waals surface area contributed by atoms with Gasteiger partial charge in [0.15, 0.2) is 0 Å². The van der Waals surface area contributed by atoms with Crippen LogP contribution in [-0.4, -0.2) is 51.1 Å². The van der Waals surface area contributed by atoms with Crippen molar-refractivity contribution in [1.82, 2.24) is 4.31 Å². The summed E-state index contributed by atoms with van der Waals surface area (Å²) in [5.41, 5.74) is 0.902. The Balaban J connectivity index is 1.75. The van der Waals surface area contributed by atoms with Crippen LogP contribution in [0.5, 0.6) is 5.75 Å². The van der Waals surface area contributed by atoms with Crippen molar-refractivity contribution in [3.8, 4) is 5.75 Å². The van der Waals surface area contributed by atoms with E-state index < -0.39 is 16.0 Å². The van der Waals surface area contributed by atoms with Gasteiger partial charge in [0.05, 0.1) is 29.8 Å². The summed E-state index contributed by atoms with van der Waals surface area (Å²) in [5, 5.41) is 0. The van der Waals surface area contributed by atoms with Crippen molar-refractivity contribution in [1.29, 1.82) is 0 Å². The number of hydrogen-bond donors (Lipinski definition) is 0. The summed E-state index contributed by atoms with van der Waals surface area (Å²) in [7, 11) is -2.19. The molecule has 7 nitrogen and oxygen atoms in total. The monoisotopic (exact) mass is 419 g/mol. The largest absolute Gasteiger partial charge is 0.496 e. The Morgan fingerprint density at radius 1 is 1.10 bits per heavy atom. The molecule has 156 valence electrons. The van der Waals surface area contributed by atoms with Crippen molar-refractivity contribution < 1.29 is 27.4 Å². The Kier molecular flexibility index (Phi) is 6.56. The van der Waals surface area contributed by atoms with E-state index in [2.05, 4.69) is 0 Å². The van der Waals surface area contributed by atoms with E-state index in [1.807, 2.05) is 26.0 Å². The molecule has 29 heavy (non-hydrogen) atoms. The van der Waals surface area contributed by atoms with Gasteiger partial charge in [0.1, 0.15) is 12.4 Å². The lowest BCUT2D eigenvalue weighted by atomic mass is 10.2. The van der Waals surface area contributed by atoms with Gasteiger partial charge in [0.2, 0.25) is 10.0 Å². The number of sulfonamides is 1. The van der Waals surface area contributed by atoms with Crippen molar-refractivity contribution in [3.63, 3.8) is 0 Å². The van der Waals surface area contributed by atoms with E-state index in [0.717, 1.165) is 5.56 Å². The third-order valence-corrected chi connectivity index (χ3v) is 6.47. The predicted octanol–water partition coefficient (Wildman–Crippen LogP) is 2.85. The lowest BCUT2D eigenvalue weighted by Gasteiger charge is -2.34. The van der Waals surface area contributed by atoms with Gasteiger partial charge in [-0.05, 0) is 38.1 Å². The molecule has 2 aromatic carbocycles. The maximum atomic E-state index is 13.0. The summed E-state index contributed by atoms with van der Waals surface area (Å²) < 4.78 is 43.6. The highest BCUT2D eigenvalue weighted by atomic mass is 32.2. The van der Waals surface area contributed by atoms with Crippen LogP contribution in [0.4, 0.5) is 0 Å². The van der Waals surface area contributed by atoms with Gasteiger partial charge in [0.25, 0.3) is 0 Å². The molecule has 3 rings (SSSR count). The Labute approximate surface area is 171 Å². The van der Waals surface area contributed by atoms with Gasteiger partial charge in [-0.2, -0.15) is 4.31 Å². The van der Waals surface area contributed by atoms with Crippen LogP contribution in [0.25, 0.3) is 0 Å². The highest BCUT2D eigenvalue weighted by molar-refractivity contribution is 7.89. The molecule has 0 aromatic heterocycles. The van der Waals surface area contributed by atoms with Gasteiger partial charge < -0.3 is 14.2 Å². The zero-order valence-corrected chi connectivity index (χ0v) is 17.5. The molecule has 2 aromatic rings. The van der Waals surface area contributed by atoms with Gasteiger partial charge in [-0.3, -0.25) is 0 Å². The quantitative estimate of drug-likeness (QED) is 0.670. The smallest absolute Gasteiger partial charge is 0.338 e. The molecule has 1 heterocycles. The lowest BCUT2D eigenvalue weighted by Crippen LogP contribution is -2.48. The van der Waals surface area contributed by atoms with E-state index in [0.29, 0.717) is 5.75 Å². The molecule has 0 N–H and O–H groups in total. The summed E-state index contributed by atoms with van der Waals surface area (Å²) in [5.74, 6) is 0.0175. The molecule has 2 atom stereocenters. The highest BCUT2D eigenvalue weighted by Crippen LogP contribution is 2.23. The van der Waals surface area contributed by atoms with Gasteiger partial charge in [-0.15, -0.1) is 0 Å². The maximum absolute atomic E-state index is 13.0. The predicted molar refractivity (Wildman–Crippen MR) is 107 cm³/mol. The minimum atomic E-state index is -3.74. The van der Waals surface area contributed by atoms with E-state index in [1.165, 1.54) is 22.5 Å². The van der Waals surface area contributed by atoms with Crippen LogP contribution in [-0.2, 0) is 26.1 Å². The number of nitrogens with zero attached hydrogens (tertiary/aromatic N) is 1. The Bertz CT molecular complexity index is 965. The second-order valence-corrected chi connectivity index (χ2v) is 8.93. The first-order valence-electron chi connectivity index (χ1n) is 9.36. The molecule has 0 radical (unpaired) electrons. The van der Waals surface area contributed by atoms with Crippen LogP contribution in [0.1, 0.15) is 29.8 Å². The van der Waals surface area contributed by atoms with E-state index in [9.17, 15) is 13.2 Å². The summed E-state index contributed by atoms with van der Waals surface area (Å²) in [6.45, 7) is 4.25. The second kappa shape index (κ2) is 8.94. The third-order valence-electron chi connectivity index (χ3n) is 4.64. The molecular weight excluding hydrogens is 394 g/mol. The van der Waals surface area contributed by atoms with Crippen LogP contribution >= 0.6 is 0 Å². The van der Waals surface area contributed by atoms with E-state index in [4.69, 9.17) is 14.2 Å². The number of morpholine rings is 1. The number of rotatable bonds is 6. The Morgan fingerprint density at radius 2 is 1.79 bits per heavy atom. The number of methoxy groups -OCH3 is 1. The first-order chi connectivity index (χ1) is 13.8. The fourth-order valence-corrected chi connectivity index (χ4v) is 4.95. The summed E-state index contributed by atoms with van der Waals surface area (Å²) in [6.07, 6.45) is -0.384. The SMILES string of the molecule is COc1ccccc1COC(=O)c1cccc(S(=O)(=O)N2C[C@@H](C)O[C@H](C)C2)c1. The van der Waals surface area contributed by atoms with Crippen LogP contribution in [0.15, 0.2) is 53.4 Å².